The highest BCUT2D eigenvalue weighted by Crippen LogP contribution is 2.25. The fourth-order valence-corrected chi connectivity index (χ4v) is 1.56. The predicted molar refractivity (Wildman–Crippen MR) is 44.3 cm³/mol. The van der Waals surface area contributed by atoms with Crippen LogP contribution in [0.3, 0.4) is 0 Å². The lowest BCUT2D eigenvalue weighted by molar-refractivity contribution is -0.159. The lowest BCUT2D eigenvalue weighted by atomic mass is 10.1. The average molecular weight is 192 g/mol. The van der Waals surface area contributed by atoms with Crippen LogP contribution in [0.15, 0.2) is 0 Å². The number of aliphatic hydroxyl groups excluding tert-OH is 1. The third-order valence-electron chi connectivity index (χ3n) is 2.22. The van der Waals surface area contributed by atoms with Gasteiger partial charge >= 0.3 is 0 Å². The van der Waals surface area contributed by atoms with Crippen LogP contribution in [0.4, 0.5) is 0 Å². The Balaban J connectivity index is 2.65. The van der Waals surface area contributed by atoms with E-state index in [9.17, 15) is 0 Å². The summed E-state index contributed by atoms with van der Waals surface area (Å²) >= 11 is 0. The van der Waals surface area contributed by atoms with E-state index in [-0.39, 0.29) is 24.9 Å². The highest BCUT2D eigenvalue weighted by molar-refractivity contribution is 4.88. The van der Waals surface area contributed by atoms with Crippen molar-refractivity contribution in [2.45, 2.75) is 24.6 Å². The maximum absolute atomic E-state index is 8.98. The minimum Gasteiger partial charge on any atom is -0.394 e. The van der Waals surface area contributed by atoms with Crippen molar-refractivity contribution in [2.75, 3.05) is 27.9 Å². The molecule has 0 radical (unpaired) electrons. The molecule has 1 aliphatic heterocycles. The Kier molecular flexibility index (Phi) is 4.08. The third kappa shape index (κ3) is 2.00. The normalized spacial score (nSPS) is 39.7. The fraction of sp³-hybridized carbons (Fsp3) is 1.00. The molecule has 0 bridgehead atoms. The smallest absolute Gasteiger partial charge is 0.186 e. The van der Waals surface area contributed by atoms with E-state index in [1.165, 1.54) is 7.11 Å². The van der Waals surface area contributed by atoms with Crippen LogP contribution >= 0.6 is 0 Å². The molecular formula is C8H16O5. The topological polar surface area (TPSA) is 57.2 Å². The first kappa shape index (κ1) is 10.9. The highest BCUT2D eigenvalue weighted by Gasteiger charge is 2.45. The van der Waals surface area contributed by atoms with Crippen LogP contribution in [-0.2, 0) is 18.9 Å². The van der Waals surface area contributed by atoms with E-state index in [2.05, 4.69) is 0 Å². The summed E-state index contributed by atoms with van der Waals surface area (Å²) in [6.07, 6.45) is -1.40. The summed E-state index contributed by atoms with van der Waals surface area (Å²) < 4.78 is 20.7. The summed E-state index contributed by atoms with van der Waals surface area (Å²) in [5, 5.41) is 8.98. The molecule has 5 heteroatoms. The molecule has 0 amide bonds. The molecule has 13 heavy (non-hydrogen) atoms. The van der Waals surface area contributed by atoms with Crippen LogP contribution in [0.5, 0.6) is 0 Å². The van der Waals surface area contributed by atoms with Gasteiger partial charge in [0.05, 0.1) is 6.61 Å². The van der Waals surface area contributed by atoms with Gasteiger partial charge in [0.25, 0.3) is 0 Å². The molecule has 1 aliphatic rings. The largest absolute Gasteiger partial charge is 0.394 e. The Morgan fingerprint density at radius 1 is 1.08 bits per heavy atom. The van der Waals surface area contributed by atoms with Crippen LogP contribution in [0.25, 0.3) is 0 Å². The van der Waals surface area contributed by atoms with Gasteiger partial charge in [-0.1, -0.05) is 0 Å². The van der Waals surface area contributed by atoms with E-state index in [4.69, 9.17) is 24.1 Å². The molecule has 0 saturated carbocycles. The van der Waals surface area contributed by atoms with Crippen molar-refractivity contribution in [3.8, 4) is 0 Å². The SMILES string of the molecule is CO[C@@H]1OC(CO)[C@@H](OC)[C@H]1OC. The lowest BCUT2D eigenvalue weighted by Gasteiger charge is -2.19. The molecule has 1 unspecified atom stereocenters. The van der Waals surface area contributed by atoms with Gasteiger partial charge in [-0.3, -0.25) is 0 Å². The van der Waals surface area contributed by atoms with Crippen molar-refractivity contribution >= 4 is 0 Å². The first-order valence-electron chi connectivity index (χ1n) is 4.13. The molecule has 1 fully saturated rings. The number of rotatable bonds is 4. The van der Waals surface area contributed by atoms with E-state index in [0.717, 1.165) is 0 Å². The average Bonchev–Trinajstić information content (AvgIpc) is 2.54. The summed E-state index contributed by atoms with van der Waals surface area (Å²) in [5.41, 5.74) is 0. The monoisotopic (exact) mass is 192 g/mol. The Bertz CT molecular complexity index is 135. The molecule has 4 atom stereocenters. The second-order valence-corrected chi connectivity index (χ2v) is 2.86. The van der Waals surface area contributed by atoms with Crippen LogP contribution in [-0.4, -0.2) is 57.6 Å². The van der Waals surface area contributed by atoms with E-state index in [1.54, 1.807) is 14.2 Å². The maximum atomic E-state index is 8.98. The van der Waals surface area contributed by atoms with Crippen LogP contribution in [0.2, 0.25) is 0 Å². The zero-order valence-corrected chi connectivity index (χ0v) is 8.10. The molecule has 1 heterocycles. The predicted octanol–water partition coefficient (Wildman–Crippen LogP) is -0.620. The molecule has 1 saturated heterocycles. The zero-order chi connectivity index (χ0) is 9.84. The second kappa shape index (κ2) is 4.88. The summed E-state index contributed by atoms with van der Waals surface area (Å²) in [5.74, 6) is 0. The Morgan fingerprint density at radius 2 is 1.69 bits per heavy atom. The molecule has 5 nitrogen and oxygen atoms in total. The van der Waals surface area contributed by atoms with Gasteiger partial charge in [0.1, 0.15) is 18.3 Å². The van der Waals surface area contributed by atoms with Crippen molar-refractivity contribution in [1.82, 2.24) is 0 Å². The number of hydrogen-bond donors (Lipinski definition) is 1. The lowest BCUT2D eigenvalue weighted by Crippen LogP contribution is -2.37. The Hall–Kier alpha value is -0.200. The van der Waals surface area contributed by atoms with E-state index in [1.807, 2.05) is 0 Å². The number of hydrogen-bond acceptors (Lipinski definition) is 5. The van der Waals surface area contributed by atoms with Crippen molar-refractivity contribution < 1.29 is 24.1 Å². The quantitative estimate of drug-likeness (QED) is 0.643. The molecule has 0 aromatic rings. The van der Waals surface area contributed by atoms with Crippen LogP contribution < -0.4 is 0 Å². The third-order valence-corrected chi connectivity index (χ3v) is 2.22. The van der Waals surface area contributed by atoms with Crippen molar-refractivity contribution in [1.29, 1.82) is 0 Å². The van der Waals surface area contributed by atoms with Crippen molar-refractivity contribution in [2.24, 2.45) is 0 Å². The molecule has 0 spiro atoms. The van der Waals surface area contributed by atoms with Gasteiger partial charge in [0.15, 0.2) is 6.29 Å². The van der Waals surface area contributed by atoms with Gasteiger partial charge in [-0.15, -0.1) is 0 Å². The summed E-state index contributed by atoms with van der Waals surface area (Å²) in [6, 6.07) is 0. The van der Waals surface area contributed by atoms with Gasteiger partial charge in [-0.2, -0.15) is 0 Å². The molecule has 1 rings (SSSR count). The first-order valence-corrected chi connectivity index (χ1v) is 4.13. The minimum absolute atomic E-state index is 0.0990. The fourth-order valence-electron chi connectivity index (χ4n) is 1.56. The van der Waals surface area contributed by atoms with Crippen LogP contribution in [0, 0.1) is 0 Å². The van der Waals surface area contributed by atoms with Crippen molar-refractivity contribution in [3.63, 3.8) is 0 Å². The minimum atomic E-state index is -0.466. The molecule has 0 aromatic heterocycles. The Morgan fingerprint density at radius 3 is 2.08 bits per heavy atom. The van der Waals surface area contributed by atoms with E-state index < -0.39 is 6.29 Å². The first-order chi connectivity index (χ1) is 6.28. The second-order valence-electron chi connectivity index (χ2n) is 2.86. The van der Waals surface area contributed by atoms with Gasteiger partial charge < -0.3 is 24.1 Å². The molecule has 0 aliphatic carbocycles. The Labute approximate surface area is 77.5 Å². The summed E-state index contributed by atoms with van der Waals surface area (Å²) in [4.78, 5) is 0. The summed E-state index contributed by atoms with van der Waals surface area (Å²) in [6.45, 7) is -0.0990. The molecular weight excluding hydrogens is 176 g/mol. The summed E-state index contributed by atoms with van der Waals surface area (Å²) in [7, 11) is 4.65. The van der Waals surface area contributed by atoms with Crippen molar-refractivity contribution in [3.05, 3.63) is 0 Å². The number of ether oxygens (including phenoxy) is 4. The van der Waals surface area contributed by atoms with Gasteiger partial charge in [-0.25, -0.2) is 0 Å². The highest BCUT2D eigenvalue weighted by atomic mass is 16.7. The van der Waals surface area contributed by atoms with Crippen LogP contribution in [0.1, 0.15) is 0 Å². The standard InChI is InChI=1S/C8H16O5/c1-10-6-5(4-9)13-8(12-3)7(6)11-2/h5-9H,4H2,1-3H3/t5?,6-,7-,8-/m1/s1. The van der Waals surface area contributed by atoms with E-state index in [0.29, 0.717) is 0 Å². The van der Waals surface area contributed by atoms with E-state index >= 15 is 0 Å². The van der Waals surface area contributed by atoms with Gasteiger partial charge in [0, 0.05) is 21.3 Å². The molecule has 0 aromatic carbocycles. The van der Waals surface area contributed by atoms with Gasteiger partial charge in [0.2, 0.25) is 0 Å². The number of aliphatic hydroxyl groups is 1. The molecule has 78 valence electrons. The zero-order valence-electron chi connectivity index (χ0n) is 8.10. The van der Waals surface area contributed by atoms with Gasteiger partial charge in [-0.05, 0) is 0 Å². The number of methoxy groups -OCH3 is 3. The maximum Gasteiger partial charge on any atom is 0.186 e. The molecule has 1 N–H and O–H groups in total.